The van der Waals surface area contributed by atoms with E-state index in [4.69, 9.17) is 9.84 Å². The number of benzene rings is 1. The molecule has 0 unspecified atom stereocenters. The van der Waals surface area contributed by atoms with Crippen LogP contribution in [0, 0.1) is 0 Å². The summed E-state index contributed by atoms with van der Waals surface area (Å²) in [5.74, 6) is 1.31. The molecule has 0 aliphatic heterocycles. The number of nitrogens with zero attached hydrogens (tertiary/aromatic N) is 1. The van der Waals surface area contributed by atoms with Gasteiger partial charge in [0.2, 0.25) is 5.88 Å². The highest BCUT2D eigenvalue weighted by Gasteiger charge is 2.03. The molecular formula is C14H14BrNO2. The summed E-state index contributed by atoms with van der Waals surface area (Å²) in [6, 6.07) is 11.6. The first-order chi connectivity index (χ1) is 8.79. The minimum Gasteiger partial charge on any atom is -0.438 e. The van der Waals surface area contributed by atoms with E-state index in [9.17, 15) is 0 Å². The van der Waals surface area contributed by atoms with Gasteiger partial charge in [-0.1, -0.05) is 12.1 Å². The SMILES string of the molecule is OCCCc1ccc(Oc2ncccc2Br)cc1. The van der Waals surface area contributed by atoms with Crippen molar-refractivity contribution >= 4 is 15.9 Å². The molecule has 0 amide bonds. The van der Waals surface area contributed by atoms with Gasteiger partial charge < -0.3 is 9.84 Å². The van der Waals surface area contributed by atoms with Crippen molar-refractivity contribution in [3.8, 4) is 11.6 Å². The van der Waals surface area contributed by atoms with Crippen molar-refractivity contribution in [2.75, 3.05) is 6.61 Å². The van der Waals surface area contributed by atoms with Gasteiger partial charge in [0.25, 0.3) is 0 Å². The molecule has 0 bridgehead atoms. The second-order valence-electron chi connectivity index (χ2n) is 3.86. The largest absolute Gasteiger partial charge is 0.438 e. The molecule has 94 valence electrons. The summed E-state index contributed by atoms with van der Waals surface area (Å²) in [5, 5.41) is 8.77. The molecule has 1 aromatic heterocycles. The molecule has 0 fully saturated rings. The van der Waals surface area contributed by atoms with Crippen molar-refractivity contribution in [1.82, 2.24) is 4.98 Å². The zero-order valence-electron chi connectivity index (χ0n) is 9.84. The van der Waals surface area contributed by atoms with Crippen LogP contribution < -0.4 is 4.74 Å². The zero-order chi connectivity index (χ0) is 12.8. The van der Waals surface area contributed by atoms with Crippen molar-refractivity contribution < 1.29 is 9.84 Å². The lowest BCUT2D eigenvalue weighted by Gasteiger charge is -2.07. The van der Waals surface area contributed by atoms with Crippen LogP contribution in [0.5, 0.6) is 11.6 Å². The standard InChI is InChI=1S/C14H14BrNO2/c15-13-4-1-9-16-14(13)18-12-7-5-11(6-8-12)3-2-10-17/h1,4-9,17H,2-3,10H2. The normalized spacial score (nSPS) is 10.3. The lowest BCUT2D eigenvalue weighted by Crippen LogP contribution is -1.91. The second kappa shape index (κ2) is 6.52. The van der Waals surface area contributed by atoms with Crippen LogP contribution in [0.25, 0.3) is 0 Å². The van der Waals surface area contributed by atoms with Crippen LogP contribution in [-0.4, -0.2) is 16.7 Å². The van der Waals surface area contributed by atoms with Gasteiger partial charge in [-0.3, -0.25) is 0 Å². The fourth-order valence-corrected chi connectivity index (χ4v) is 1.90. The molecule has 2 rings (SSSR count). The third-order valence-corrected chi connectivity index (χ3v) is 3.09. The van der Waals surface area contributed by atoms with E-state index < -0.39 is 0 Å². The summed E-state index contributed by atoms with van der Waals surface area (Å²) < 4.78 is 6.49. The highest BCUT2D eigenvalue weighted by atomic mass is 79.9. The molecule has 3 nitrogen and oxygen atoms in total. The first-order valence-electron chi connectivity index (χ1n) is 5.78. The van der Waals surface area contributed by atoms with Crippen LogP contribution in [0.2, 0.25) is 0 Å². The molecular weight excluding hydrogens is 294 g/mol. The number of hydrogen-bond acceptors (Lipinski definition) is 3. The first-order valence-corrected chi connectivity index (χ1v) is 6.57. The third kappa shape index (κ3) is 3.55. The molecule has 1 aromatic carbocycles. The Hall–Kier alpha value is -1.39. The van der Waals surface area contributed by atoms with Gasteiger partial charge in [0.05, 0.1) is 4.47 Å². The Balaban J connectivity index is 2.04. The summed E-state index contributed by atoms with van der Waals surface area (Å²) in [5.41, 5.74) is 1.19. The number of hydrogen-bond donors (Lipinski definition) is 1. The number of ether oxygens (including phenoxy) is 1. The molecule has 18 heavy (non-hydrogen) atoms. The Morgan fingerprint density at radius 1 is 1.17 bits per heavy atom. The quantitative estimate of drug-likeness (QED) is 0.918. The van der Waals surface area contributed by atoms with E-state index in [2.05, 4.69) is 20.9 Å². The minimum atomic E-state index is 0.221. The van der Waals surface area contributed by atoms with Gasteiger partial charge in [-0.15, -0.1) is 0 Å². The van der Waals surface area contributed by atoms with Gasteiger partial charge in [-0.25, -0.2) is 4.98 Å². The summed E-state index contributed by atoms with van der Waals surface area (Å²) in [6.45, 7) is 0.221. The fourth-order valence-electron chi connectivity index (χ4n) is 1.57. The average Bonchev–Trinajstić information content (AvgIpc) is 2.41. The Morgan fingerprint density at radius 2 is 1.94 bits per heavy atom. The van der Waals surface area contributed by atoms with E-state index >= 15 is 0 Å². The Morgan fingerprint density at radius 3 is 2.61 bits per heavy atom. The number of aryl methyl sites for hydroxylation is 1. The topological polar surface area (TPSA) is 42.4 Å². The Kier molecular flexibility index (Phi) is 4.73. The summed E-state index contributed by atoms with van der Waals surface area (Å²) in [6.07, 6.45) is 3.35. The van der Waals surface area contributed by atoms with Crippen LogP contribution in [0.4, 0.5) is 0 Å². The van der Waals surface area contributed by atoms with E-state index in [1.54, 1.807) is 6.20 Å². The predicted molar refractivity (Wildman–Crippen MR) is 73.9 cm³/mol. The van der Waals surface area contributed by atoms with Crippen LogP contribution in [0.3, 0.4) is 0 Å². The van der Waals surface area contributed by atoms with E-state index in [-0.39, 0.29) is 6.61 Å². The third-order valence-electron chi connectivity index (χ3n) is 2.49. The van der Waals surface area contributed by atoms with Crippen LogP contribution in [0.15, 0.2) is 47.1 Å². The van der Waals surface area contributed by atoms with Crippen molar-refractivity contribution in [3.63, 3.8) is 0 Å². The van der Waals surface area contributed by atoms with Crippen molar-refractivity contribution in [2.24, 2.45) is 0 Å². The van der Waals surface area contributed by atoms with E-state index in [0.717, 1.165) is 23.1 Å². The predicted octanol–water partition coefficient (Wildman–Crippen LogP) is 3.56. The van der Waals surface area contributed by atoms with Crippen LogP contribution in [-0.2, 0) is 6.42 Å². The molecule has 0 aliphatic rings. The molecule has 0 saturated carbocycles. The van der Waals surface area contributed by atoms with E-state index in [0.29, 0.717) is 5.88 Å². The maximum absolute atomic E-state index is 8.77. The smallest absolute Gasteiger partial charge is 0.233 e. The van der Waals surface area contributed by atoms with Crippen LogP contribution >= 0.6 is 15.9 Å². The average molecular weight is 308 g/mol. The summed E-state index contributed by atoms with van der Waals surface area (Å²) in [7, 11) is 0. The van der Waals surface area contributed by atoms with Crippen molar-refractivity contribution in [2.45, 2.75) is 12.8 Å². The number of pyridine rings is 1. The highest BCUT2D eigenvalue weighted by Crippen LogP contribution is 2.26. The maximum atomic E-state index is 8.77. The molecule has 0 aliphatic carbocycles. The molecule has 0 spiro atoms. The maximum Gasteiger partial charge on any atom is 0.233 e. The first kappa shape index (κ1) is 13.1. The highest BCUT2D eigenvalue weighted by molar-refractivity contribution is 9.10. The minimum absolute atomic E-state index is 0.221. The second-order valence-corrected chi connectivity index (χ2v) is 4.72. The molecule has 0 saturated heterocycles. The summed E-state index contributed by atoms with van der Waals surface area (Å²) >= 11 is 3.39. The number of halogens is 1. The fraction of sp³-hybridized carbons (Fsp3) is 0.214. The van der Waals surface area contributed by atoms with Gasteiger partial charge in [0.15, 0.2) is 0 Å². The molecule has 1 heterocycles. The lowest BCUT2D eigenvalue weighted by molar-refractivity contribution is 0.288. The zero-order valence-corrected chi connectivity index (χ0v) is 11.4. The van der Waals surface area contributed by atoms with Crippen molar-refractivity contribution in [1.29, 1.82) is 0 Å². The lowest BCUT2D eigenvalue weighted by atomic mass is 10.1. The number of aliphatic hydroxyl groups is 1. The van der Waals surface area contributed by atoms with Gasteiger partial charge >= 0.3 is 0 Å². The van der Waals surface area contributed by atoms with Gasteiger partial charge in [-0.2, -0.15) is 0 Å². The molecule has 0 atom stereocenters. The number of rotatable bonds is 5. The van der Waals surface area contributed by atoms with Gasteiger partial charge in [0, 0.05) is 12.8 Å². The number of aliphatic hydroxyl groups excluding tert-OH is 1. The van der Waals surface area contributed by atoms with Gasteiger partial charge in [0.1, 0.15) is 5.75 Å². The van der Waals surface area contributed by atoms with Crippen LogP contribution in [0.1, 0.15) is 12.0 Å². The number of aromatic nitrogens is 1. The molecule has 2 aromatic rings. The van der Waals surface area contributed by atoms with E-state index in [1.165, 1.54) is 5.56 Å². The van der Waals surface area contributed by atoms with Crippen molar-refractivity contribution in [3.05, 3.63) is 52.6 Å². The Labute approximate surface area is 115 Å². The molecule has 0 radical (unpaired) electrons. The summed E-state index contributed by atoms with van der Waals surface area (Å²) in [4.78, 5) is 4.14. The molecule has 1 N–H and O–H groups in total. The van der Waals surface area contributed by atoms with E-state index in [1.807, 2.05) is 36.4 Å². The monoisotopic (exact) mass is 307 g/mol. The molecule has 4 heteroatoms. The van der Waals surface area contributed by atoms with Gasteiger partial charge in [-0.05, 0) is 58.6 Å². The Bertz CT molecular complexity index is 499.